The van der Waals surface area contributed by atoms with Crippen LogP contribution in [0.3, 0.4) is 0 Å². The van der Waals surface area contributed by atoms with Crippen molar-refractivity contribution in [2.45, 2.75) is 68.0 Å². The van der Waals surface area contributed by atoms with Gasteiger partial charge in [0.15, 0.2) is 5.78 Å². The van der Waals surface area contributed by atoms with E-state index >= 15 is 0 Å². The summed E-state index contributed by atoms with van der Waals surface area (Å²) in [5.74, 6) is 0.776. The number of rotatable bonds is 6. The van der Waals surface area contributed by atoms with Gasteiger partial charge in [-0.05, 0) is 43.7 Å². The van der Waals surface area contributed by atoms with Crippen molar-refractivity contribution < 1.29 is 19.1 Å². The molecular weight excluding hydrogens is 488 g/mol. The number of carbonyl (C=O) groups is 3. The Hall–Kier alpha value is -2.36. The number of likely N-dealkylation sites (tertiary alicyclic amines) is 1. The molecule has 8 nitrogen and oxygen atoms in total. The van der Waals surface area contributed by atoms with Crippen LogP contribution in [0.5, 0.6) is 0 Å². The number of hydrogen-bond donors (Lipinski definition) is 1. The number of thiophene rings is 1. The lowest BCUT2D eigenvalue weighted by Crippen LogP contribution is -2.54. The number of Topliss-reactive ketones (excluding diaryl/α,β-unsaturated/α-hetero) is 1. The van der Waals surface area contributed by atoms with Gasteiger partial charge in [0.2, 0.25) is 5.91 Å². The maximum absolute atomic E-state index is 13.7. The Morgan fingerprint density at radius 1 is 1.14 bits per heavy atom. The number of amides is 2. The quantitative estimate of drug-likeness (QED) is 0.594. The third-order valence-electron chi connectivity index (χ3n) is 7.56. The molecule has 2 aromatic rings. The van der Waals surface area contributed by atoms with Gasteiger partial charge in [0.1, 0.15) is 30.6 Å². The molecular formula is C25H27ClN4O4S. The third-order valence-corrected chi connectivity index (χ3v) is 9.08. The van der Waals surface area contributed by atoms with E-state index in [9.17, 15) is 14.4 Å². The number of ketones is 1. The lowest BCUT2D eigenvalue weighted by atomic mass is 9.96. The number of fused-ring (bicyclic) bond motifs is 1. The van der Waals surface area contributed by atoms with Crippen LogP contribution in [-0.4, -0.2) is 69.2 Å². The number of nitrogens with one attached hydrogen (secondary N) is 1. The molecule has 6 rings (SSSR count). The predicted molar refractivity (Wildman–Crippen MR) is 130 cm³/mol. The highest BCUT2D eigenvalue weighted by atomic mass is 35.5. The fourth-order valence-corrected chi connectivity index (χ4v) is 6.76. The number of aromatic nitrogens is 2. The molecule has 4 heterocycles. The van der Waals surface area contributed by atoms with Crippen LogP contribution in [0.15, 0.2) is 24.5 Å². The molecule has 2 amide bonds. The van der Waals surface area contributed by atoms with Gasteiger partial charge in [-0.2, -0.15) is 0 Å². The molecule has 1 N–H and O–H groups in total. The second kappa shape index (κ2) is 9.26. The lowest BCUT2D eigenvalue weighted by molar-refractivity contribution is -0.139. The van der Waals surface area contributed by atoms with Crippen LogP contribution in [0.25, 0.3) is 10.4 Å². The van der Waals surface area contributed by atoms with Crippen molar-refractivity contribution in [3.05, 3.63) is 35.2 Å². The highest BCUT2D eigenvalue weighted by molar-refractivity contribution is 7.17. The van der Waals surface area contributed by atoms with E-state index in [-0.39, 0.29) is 36.7 Å². The molecule has 2 aliphatic heterocycles. The van der Waals surface area contributed by atoms with Gasteiger partial charge in [0.05, 0.1) is 10.3 Å². The Morgan fingerprint density at radius 3 is 2.60 bits per heavy atom. The average Bonchev–Trinajstić information content (AvgIpc) is 3.25. The number of nitrogens with zero attached hydrogens (tertiary/aromatic N) is 3. The van der Waals surface area contributed by atoms with Crippen molar-refractivity contribution in [2.75, 3.05) is 13.2 Å². The first-order valence-corrected chi connectivity index (χ1v) is 13.6. The predicted octanol–water partition coefficient (Wildman–Crippen LogP) is 3.16. The van der Waals surface area contributed by atoms with Gasteiger partial charge in [0, 0.05) is 35.3 Å². The summed E-state index contributed by atoms with van der Waals surface area (Å²) in [6.07, 6.45) is 9.23. The minimum atomic E-state index is -0.687. The molecule has 184 valence electrons. The lowest BCUT2D eigenvalue weighted by Gasteiger charge is -2.30. The van der Waals surface area contributed by atoms with Crippen molar-refractivity contribution in [3.8, 4) is 10.4 Å². The highest BCUT2D eigenvalue weighted by Gasteiger charge is 2.53. The van der Waals surface area contributed by atoms with Crippen molar-refractivity contribution in [1.29, 1.82) is 0 Å². The molecule has 2 saturated heterocycles. The van der Waals surface area contributed by atoms with E-state index in [4.69, 9.17) is 16.3 Å². The minimum Gasteiger partial charge on any atom is -0.366 e. The average molecular weight is 515 g/mol. The number of carbonyl (C=O) groups excluding carboxylic acids is 3. The molecule has 4 aliphatic rings. The monoisotopic (exact) mass is 514 g/mol. The molecule has 10 heteroatoms. The Morgan fingerprint density at radius 2 is 1.89 bits per heavy atom. The molecule has 35 heavy (non-hydrogen) atoms. The van der Waals surface area contributed by atoms with Crippen molar-refractivity contribution in [1.82, 2.24) is 20.2 Å². The SMILES string of the molecule is O=C(N[C@H](C(=O)N1C[C@H](Cl)[C@H]2OCC(=O)[C@H]21)C1CCCC1)c1ccc(-c2cnc(C3CC3)nc2)s1. The molecule has 2 aliphatic carbocycles. The third kappa shape index (κ3) is 4.38. The van der Waals surface area contributed by atoms with Crippen LogP contribution in [-0.2, 0) is 14.3 Å². The Bertz CT molecular complexity index is 1140. The van der Waals surface area contributed by atoms with E-state index in [0.717, 1.165) is 54.8 Å². The van der Waals surface area contributed by atoms with Crippen LogP contribution in [0.4, 0.5) is 0 Å². The van der Waals surface area contributed by atoms with E-state index in [0.29, 0.717) is 10.8 Å². The fourth-order valence-electron chi connectivity index (χ4n) is 5.52. The maximum atomic E-state index is 13.7. The normalized spacial score (nSPS) is 27.3. The Kier molecular flexibility index (Phi) is 6.10. The maximum Gasteiger partial charge on any atom is 0.262 e. The summed E-state index contributed by atoms with van der Waals surface area (Å²) in [7, 11) is 0. The number of halogens is 1. The summed E-state index contributed by atoms with van der Waals surface area (Å²) >= 11 is 7.76. The summed E-state index contributed by atoms with van der Waals surface area (Å²) in [5, 5.41) is 2.59. The summed E-state index contributed by atoms with van der Waals surface area (Å²) in [6, 6.07) is 2.32. The second-order valence-electron chi connectivity index (χ2n) is 9.96. The standard InChI is InChI=1S/C25H27ClN4O4S/c26-16-11-30(21-17(31)12-34-22(16)21)25(33)20(13-3-1-2-4-13)29-24(32)19-8-7-18(35-19)15-9-27-23(28-10-15)14-5-6-14/h7-10,13-14,16,20-22H,1-6,11-12H2,(H,29,32)/t16-,20-,21+,22+/m0/s1. The van der Waals surface area contributed by atoms with Gasteiger partial charge < -0.3 is 15.0 Å². The summed E-state index contributed by atoms with van der Waals surface area (Å²) in [4.78, 5) is 51.3. The van der Waals surface area contributed by atoms with Crippen LogP contribution in [0, 0.1) is 5.92 Å². The number of ether oxygens (including phenoxy) is 1. The zero-order valence-electron chi connectivity index (χ0n) is 19.2. The largest absolute Gasteiger partial charge is 0.366 e. The van der Waals surface area contributed by atoms with E-state index in [1.165, 1.54) is 11.3 Å². The molecule has 2 saturated carbocycles. The Labute approximate surface area is 212 Å². The van der Waals surface area contributed by atoms with Gasteiger partial charge in [-0.25, -0.2) is 9.97 Å². The van der Waals surface area contributed by atoms with Gasteiger partial charge in [0.25, 0.3) is 5.91 Å². The van der Waals surface area contributed by atoms with Crippen molar-refractivity contribution in [2.24, 2.45) is 5.92 Å². The summed E-state index contributed by atoms with van der Waals surface area (Å²) < 4.78 is 5.53. The van der Waals surface area contributed by atoms with Gasteiger partial charge in [-0.15, -0.1) is 22.9 Å². The molecule has 0 unspecified atom stereocenters. The number of hydrogen-bond acceptors (Lipinski definition) is 7. The number of alkyl halides is 1. The fraction of sp³-hybridized carbons (Fsp3) is 0.560. The second-order valence-corrected chi connectivity index (χ2v) is 11.6. The van der Waals surface area contributed by atoms with Gasteiger partial charge in [-0.3, -0.25) is 14.4 Å². The molecule has 4 atom stereocenters. The first-order chi connectivity index (χ1) is 17.0. The zero-order chi connectivity index (χ0) is 24.1. The van der Waals surface area contributed by atoms with E-state index in [1.807, 2.05) is 18.5 Å². The van der Waals surface area contributed by atoms with E-state index in [1.54, 1.807) is 11.0 Å². The molecule has 0 spiro atoms. The molecule has 0 radical (unpaired) electrons. The van der Waals surface area contributed by atoms with Gasteiger partial charge >= 0.3 is 0 Å². The van der Waals surface area contributed by atoms with Crippen LogP contribution in [0.2, 0.25) is 0 Å². The van der Waals surface area contributed by atoms with Crippen LogP contribution in [0.1, 0.15) is 59.9 Å². The van der Waals surface area contributed by atoms with Gasteiger partial charge in [-0.1, -0.05) is 12.8 Å². The molecule has 0 bridgehead atoms. The first-order valence-electron chi connectivity index (χ1n) is 12.3. The summed E-state index contributed by atoms with van der Waals surface area (Å²) in [5.41, 5.74) is 0.873. The van der Waals surface area contributed by atoms with Crippen LogP contribution >= 0.6 is 22.9 Å². The van der Waals surface area contributed by atoms with Crippen molar-refractivity contribution >= 4 is 40.5 Å². The topological polar surface area (TPSA) is 101 Å². The van der Waals surface area contributed by atoms with Crippen LogP contribution < -0.4 is 5.32 Å². The first kappa shape index (κ1) is 23.1. The highest BCUT2D eigenvalue weighted by Crippen LogP contribution is 2.38. The smallest absolute Gasteiger partial charge is 0.262 e. The zero-order valence-corrected chi connectivity index (χ0v) is 20.8. The van der Waals surface area contributed by atoms with E-state index < -0.39 is 23.6 Å². The molecule has 0 aromatic carbocycles. The minimum absolute atomic E-state index is 0.0217. The van der Waals surface area contributed by atoms with E-state index in [2.05, 4.69) is 15.3 Å². The summed E-state index contributed by atoms with van der Waals surface area (Å²) in [6.45, 7) is 0.229. The van der Waals surface area contributed by atoms with Crippen molar-refractivity contribution in [3.63, 3.8) is 0 Å². The molecule has 2 aromatic heterocycles. The molecule has 4 fully saturated rings. The Balaban J connectivity index is 1.19.